The molecule has 2 rings (SSSR count). The van der Waals surface area contributed by atoms with Gasteiger partial charge >= 0.3 is 0 Å². The molecule has 1 heterocycles. The second-order valence-electron chi connectivity index (χ2n) is 5.83. The number of rotatable bonds is 7. The van der Waals surface area contributed by atoms with Crippen LogP contribution in [0.5, 0.6) is 0 Å². The maximum absolute atomic E-state index is 12.4. The van der Waals surface area contributed by atoms with Crippen molar-refractivity contribution in [1.29, 1.82) is 0 Å². The molecular weight excluding hydrogens is 338 g/mol. The highest BCUT2D eigenvalue weighted by Crippen LogP contribution is 2.22. The molecule has 0 saturated carbocycles. The number of nitrogens with one attached hydrogen (secondary N) is 1. The molecule has 0 atom stereocenters. The molecule has 132 valence electrons. The van der Waals surface area contributed by atoms with E-state index in [9.17, 15) is 9.59 Å². The van der Waals surface area contributed by atoms with Crippen LogP contribution in [-0.4, -0.2) is 21.5 Å². The minimum atomic E-state index is -0.179. The van der Waals surface area contributed by atoms with Crippen LogP contribution in [0.15, 0.2) is 30.3 Å². The Morgan fingerprint density at radius 1 is 1.36 bits per heavy atom. The molecule has 2 aromatic rings. The number of amides is 1. The van der Waals surface area contributed by atoms with Gasteiger partial charge in [-0.1, -0.05) is 37.1 Å². The quantitative estimate of drug-likeness (QED) is 0.584. The molecular formula is C19H22ClN3O2. The number of ketones is 1. The highest BCUT2D eigenvalue weighted by Gasteiger charge is 2.11. The van der Waals surface area contributed by atoms with E-state index in [0.29, 0.717) is 16.4 Å². The van der Waals surface area contributed by atoms with Gasteiger partial charge in [-0.25, -0.2) is 0 Å². The van der Waals surface area contributed by atoms with Crippen molar-refractivity contribution in [2.45, 2.75) is 40.2 Å². The van der Waals surface area contributed by atoms with Gasteiger partial charge in [0.05, 0.1) is 5.69 Å². The van der Waals surface area contributed by atoms with Gasteiger partial charge in [-0.3, -0.25) is 14.3 Å². The van der Waals surface area contributed by atoms with E-state index < -0.39 is 0 Å². The minimum Gasteiger partial charge on any atom is -0.326 e. The van der Waals surface area contributed by atoms with Crippen molar-refractivity contribution in [3.63, 3.8) is 0 Å². The van der Waals surface area contributed by atoms with Crippen molar-refractivity contribution < 1.29 is 9.59 Å². The van der Waals surface area contributed by atoms with Gasteiger partial charge in [0.1, 0.15) is 5.15 Å². The standard InChI is InChI=1S/C19H22ClN3O2/c1-4-5-11-23-19(20)17(13(2)22-23)9-10-18(25)15-7-6-8-16(12-15)21-14(3)24/h6-10,12H,4-5,11H2,1-3H3,(H,21,24)/b10-9+. The molecule has 6 heteroatoms. The van der Waals surface area contributed by atoms with Crippen molar-refractivity contribution in [1.82, 2.24) is 9.78 Å². The van der Waals surface area contributed by atoms with E-state index in [1.54, 1.807) is 35.0 Å². The fraction of sp³-hybridized carbons (Fsp3) is 0.316. The summed E-state index contributed by atoms with van der Waals surface area (Å²) in [5, 5.41) is 7.63. The van der Waals surface area contributed by atoms with E-state index in [-0.39, 0.29) is 11.7 Å². The average Bonchev–Trinajstić information content (AvgIpc) is 2.84. The average molecular weight is 360 g/mol. The van der Waals surface area contributed by atoms with E-state index in [4.69, 9.17) is 11.6 Å². The number of benzene rings is 1. The number of aryl methyl sites for hydroxylation is 2. The molecule has 0 aliphatic carbocycles. The third-order valence-electron chi connectivity index (χ3n) is 3.70. The summed E-state index contributed by atoms with van der Waals surface area (Å²) in [7, 11) is 0. The number of allylic oxidation sites excluding steroid dienone is 1. The Morgan fingerprint density at radius 2 is 2.12 bits per heavy atom. The number of unbranched alkanes of at least 4 members (excludes halogenated alkanes) is 1. The summed E-state index contributed by atoms with van der Waals surface area (Å²) in [5.41, 5.74) is 2.63. The third kappa shape index (κ3) is 5.03. The predicted octanol–water partition coefficient (Wildman–Crippen LogP) is 4.50. The number of aromatic nitrogens is 2. The zero-order valence-corrected chi connectivity index (χ0v) is 15.4. The Morgan fingerprint density at radius 3 is 2.80 bits per heavy atom. The monoisotopic (exact) mass is 359 g/mol. The zero-order chi connectivity index (χ0) is 18.4. The highest BCUT2D eigenvalue weighted by molar-refractivity contribution is 6.31. The number of halogens is 1. The van der Waals surface area contributed by atoms with Crippen LogP contribution in [0.4, 0.5) is 5.69 Å². The second kappa shape index (κ2) is 8.62. The van der Waals surface area contributed by atoms with Crippen LogP contribution < -0.4 is 5.32 Å². The molecule has 0 aliphatic rings. The molecule has 0 bridgehead atoms. The van der Waals surface area contributed by atoms with Gasteiger partial charge in [0, 0.05) is 30.3 Å². The van der Waals surface area contributed by atoms with Gasteiger partial charge in [0.2, 0.25) is 5.91 Å². The fourth-order valence-corrected chi connectivity index (χ4v) is 2.74. The number of carbonyl (C=O) groups excluding carboxylic acids is 2. The number of carbonyl (C=O) groups is 2. The van der Waals surface area contributed by atoms with E-state index in [1.807, 2.05) is 6.92 Å². The molecule has 1 aromatic heterocycles. The zero-order valence-electron chi connectivity index (χ0n) is 14.7. The van der Waals surface area contributed by atoms with Crippen molar-refractivity contribution in [2.75, 3.05) is 5.32 Å². The normalized spacial score (nSPS) is 11.0. The Kier molecular flexibility index (Phi) is 6.53. The summed E-state index contributed by atoms with van der Waals surface area (Å²) in [4.78, 5) is 23.5. The van der Waals surface area contributed by atoms with Crippen LogP contribution in [0, 0.1) is 6.92 Å². The maximum atomic E-state index is 12.4. The molecule has 1 amide bonds. The van der Waals surface area contributed by atoms with Crippen molar-refractivity contribution in [3.8, 4) is 0 Å². The number of hydrogen-bond acceptors (Lipinski definition) is 3. The first-order valence-electron chi connectivity index (χ1n) is 8.25. The lowest BCUT2D eigenvalue weighted by Gasteiger charge is -2.03. The van der Waals surface area contributed by atoms with Crippen LogP contribution in [0.2, 0.25) is 5.15 Å². The first kappa shape index (κ1) is 18.9. The summed E-state index contributed by atoms with van der Waals surface area (Å²) >= 11 is 6.37. The topological polar surface area (TPSA) is 64.0 Å². The van der Waals surface area contributed by atoms with Gasteiger partial charge in [-0.15, -0.1) is 0 Å². The SMILES string of the molecule is CCCCn1nc(C)c(/C=C/C(=O)c2cccc(NC(C)=O)c2)c1Cl. The fourth-order valence-electron chi connectivity index (χ4n) is 2.42. The molecule has 1 aromatic carbocycles. The summed E-state index contributed by atoms with van der Waals surface area (Å²) in [5.74, 6) is -0.342. The smallest absolute Gasteiger partial charge is 0.221 e. The van der Waals surface area contributed by atoms with Crippen LogP contribution in [0.1, 0.15) is 48.3 Å². The molecule has 0 fully saturated rings. The highest BCUT2D eigenvalue weighted by atomic mass is 35.5. The number of nitrogens with zero attached hydrogens (tertiary/aromatic N) is 2. The van der Waals surface area contributed by atoms with E-state index in [0.717, 1.165) is 30.6 Å². The first-order valence-corrected chi connectivity index (χ1v) is 8.63. The van der Waals surface area contributed by atoms with Crippen LogP contribution in [-0.2, 0) is 11.3 Å². The lowest BCUT2D eigenvalue weighted by molar-refractivity contribution is -0.114. The molecule has 0 saturated heterocycles. The third-order valence-corrected chi connectivity index (χ3v) is 4.10. The summed E-state index contributed by atoms with van der Waals surface area (Å²) in [6, 6.07) is 6.82. The molecule has 0 spiro atoms. The first-order chi connectivity index (χ1) is 11.9. The second-order valence-corrected chi connectivity index (χ2v) is 6.18. The van der Waals surface area contributed by atoms with E-state index in [1.165, 1.54) is 13.0 Å². The van der Waals surface area contributed by atoms with E-state index >= 15 is 0 Å². The summed E-state index contributed by atoms with van der Waals surface area (Å²) in [6.07, 6.45) is 5.23. The van der Waals surface area contributed by atoms with Gasteiger partial charge in [-0.2, -0.15) is 5.10 Å². The number of hydrogen-bond donors (Lipinski definition) is 1. The lowest BCUT2D eigenvalue weighted by atomic mass is 10.1. The predicted molar refractivity (Wildman–Crippen MR) is 101 cm³/mol. The largest absolute Gasteiger partial charge is 0.326 e. The van der Waals surface area contributed by atoms with Crippen molar-refractivity contribution in [2.24, 2.45) is 0 Å². The lowest BCUT2D eigenvalue weighted by Crippen LogP contribution is -2.06. The minimum absolute atomic E-state index is 0.163. The Hall–Kier alpha value is -2.40. The van der Waals surface area contributed by atoms with E-state index in [2.05, 4.69) is 17.3 Å². The van der Waals surface area contributed by atoms with Gasteiger partial charge in [-0.05, 0) is 37.6 Å². The Bertz CT molecular complexity index is 809. The van der Waals surface area contributed by atoms with Gasteiger partial charge in [0.15, 0.2) is 5.78 Å². The Balaban J connectivity index is 2.18. The summed E-state index contributed by atoms with van der Waals surface area (Å²) in [6.45, 7) is 6.17. The van der Waals surface area contributed by atoms with Gasteiger partial charge < -0.3 is 5.32 Å². The molecule has 0 aliphatic heterocycles. The van der Waals surface area contributed by atoms with Crippen LogP contribution in [0.3, 0.4) is 0 Å². The maximum Gasteiger partial charge on any atom is 0.221 e. The van der Waals surface area contributed by atoms with Crippen molar-refractivity contribution >= 4 is 35.1 Å². The number of anilines is 1. The molecule has 0 unspecified atom stereocenters. The molecule has 1 N–H and O–H groups in total. The van der Waals surface area contributed by atoms with Crippen LogP contribution >= 0.6 is 11.6 Å². The molecule has 5 nitrogen and oxygen atoms in total. The molecule has 25 heavy (non-hydrogen) atoms. The van der Waals surface area contributed by atoms with Gasteiger partial charge in [0.25, 0.3) is 0 Å². The Labute approximate surface area is 152 Å². The van der Waals surface area contributed by atoms with Crippen LogP contribution in [0.25, 0.3) is 6.08 Å². The molecule has 0 radical (unpaired) electrons. The van der Waals surface area contributed by atoms with Crippen molar-refractivity contribution in [3.05, 3.63) is 52.3 Å². The summed E-state index contributed by atoms with van der Waals surface area (Å²) < 4.78 is 1.77.